The Morgan fingerprint density at radius 2 is 2.00 bits per heavy atom. The molecule has 7 heteroatoms. The van der Waals surface area contributed by atoms with Gasteiger partial charge in [-0.2, -0.15) is 0 Å². The largest absolute Gasteiger partial charge is 0.489 e. The fourth-order valence-corrected chi connectivity index (χ4v) is 2.67. The van der Waals surface area contributed by atoms with Crippen molar-refractivity contribution >= 4 is 17.3 Å². The lowest BCUT2D eigenvalue weighted by Crippen LogP contribution is -2.18. The number of hydrogen-bond donors (Lipinski definition) is 1. The van der Waals surface area contributed by atoms with E-state index in [2.05, 4.69) is 5.32 Å². The maximum Gasteiger partial charge on any atom is 0.282 e. The molecular weight excluding hydrogens is 324 g/mol. The van der Waals surface area contributed by atoms with Crippen LogP contribution in [0.2, 0.25) is 0 Å². The minimum absolute atomic E-state index is 0.00132. The minimum Gasteiger partial charge on any atom is -0.489 e. The number of nitro groups is 1. The van der Waals surface area contributed by atoms with Crippen LogP contribution in [0.25, 0.3) is 0 Å². The minimum atomic E-state index is -0.575. The van der Waals surface area contributed by atoms with E-state index in [9.17, 15) is 14.9 Å². The van der Waals surface area contributed by atoms with Crippen molar-refractivity contribution in [2.75, 3.05) is 18.5 Å². The predicted octanol–water partition coefficient (Wildman–Crippen LogP) is 3.40. The number of nitro benzene ring substituents is 1. The molecule has 1 amide bonds. The number of nitrogens with zero attached hydrogens (tertiary/aromatic N) is 1. The van der Waals surface area contributed by atoms with Crippen molar-refractivity contribution in [3.05, 3.63) is 64.2 Å². The molecule has 1 aliphatic rings. The van der Waals surface area contributed by atoms with Crippen molar-refractivity contribution in [1.82, 2.24) is 0 Å². The fraction of sp³-hybridized carbons (Fsp3) is 0.278. The summed E-state index contributed by atoms with van der Waals surface area (Å²) in [6, 6.07) is 12.8. The highest BCUT2D eigenvalue weighted by Crippen LogP contribution is 2.27. The molecule has 1 heterocycles. The molecule has 1 fully saturated rings. The van der Waals surface area contributed by atoms with Gasteiger partial charge in [0.25, 0.3) is 11.6 Å². The molecule has 1 N–H and O–H groups in total. The van der Waals surface area contributed by atoms with E-state index in [-0.39, 0.29) is 17.4 Å². The molecule has 7 nitrogen and oxygen atoms in total. The zero-order valence-corrected chi connectivity index (χ0v) is 13.5. The third-order valence-corrected chi connectivity index (χ3v) is 3.93. The van der Waals surface area contributed by atoms with Gasteiger partial charge in [0, 0.05) is 12.7 Å². The Morgan fingerprint density at radius 1 is 1.24 bits per heavy atom. The van der Waals surface area contributed by atoms with Crippen molar-refractivity contribution in [3.63, 3.8) is 0 Å². The molecule has 3 rings (SSSR count). The Bertz CT molecular complexity index is 772. The molecule has 1 aliphatic heterocycles. The first-order chi connectivity index (χ1) is 12.1. The molecule has 1 unspecified atom stereocenters. The summed E-state index contributed by atoms with van der Waals surface area (Å²) < 4.78 is 11.3. The van der Waals surface area contributed by atoms with Crippen LogP contribution in [0.3, 0.4) is 0 Å². The van der Waals surface area contributed by atoms with Crippen molar-refractivity contribution in [3.8, 4) is 5.75 Å². The van der Waals surface area contributed by atoms with Crippen molar-refractivity contribution in [2.45, 2.75) is 18.9 Å². The molecule has 0 radical (unpaired) electrons. The highest BCUT2D eigenvalue weighted by atomic mass is 16.6. The van der Waals surface area contributed by atoms with Crippen LogP contribution in [0.5, 0.6) is 5.75 Å². The topological polar surface area (TPSA) is 90.7 Å². The van der Waals surface area contributed by atoms with E-state index in [1.807, 2.05) is 0 Å². The van der Waals surface area contributed by atoms with Gasteiger partial charge >= 0.3 is 0 Å². The van der Waals surface area contributed by atoms with E-state index >= 15 is 0 Å². The van der Waals surface area contributed by atoms with Crippen molar-refractivity contribution in [1.29, 1.82) is 0 Å². The van der Waals surface area contributed by atoms with Gasteiger partial charge < -0.3 is 14.8 Å². The second-order valence-electron chi connectivity index (χ2n) is 5.67. The summed E-state index contributed by atoms with van der Waals surface area (Å²) in [6.45, 7) is 1.14. The molecule has 2 aromatic rings. The van der Waals surface area contributed by atoms with Crippen molar-refractivity contribution in [2.24, 2.45) is 0 Å². The number of hydrogen-bond acceptors (Lipinski definition) is 5. The number of benzene rings is 2. The van der Waals surface area contributed by atoms with Gasteiger partial charge in [0.05, 0.1) is 16.7 Å². The first kappa shape index (κ1) is 16.9. The summed E-state index contributed by atoms with van der Waals surface area (Å²) >= 11 is 0. The van der Waals surface area contributed by atoms with E-state index in [1.54, 1.807) is 30.3 Å². The number of anilines is 1. The molecule has 0 aromatic heterocycles. The first-order valence-corrected chi connectivity index (χ1v) is 8.03. The van der Waals surface area contributed by atoms with Crippen LogP contribution >= 0.6 is 0 Å². The molecule has 1 saturated heterocycles. The van der Waals surface area contributed by atoms with Crippen LogP contribution in [0, 0.1) is 10.1 Å². The van der Waals surface area contributed by atoms with Gasteiger partial charge in [-0.1, -0.05) is 24.3 Å². The van der Waals surface area contributed by atoms with Gasteiger partial charge in [0.2, 0.25) is 0 Å². The highest BCUT2D eigenvalue weighted by molar-refractivity contribution is 6.07. The molecular formula is C18H18N2O5. The summed E-state index contributed by atoms with van der Waals surface area (Å²) in [6.07, 6.45) is 2.02. The van der Waals surface area contributed by atoms with E-state index in [1.165, 1.54) is 18.2 Å². The lowest BCUT2D eigenvalue weighted by atomic mass is 10.1. The SMILES string of the molecule is O=C(Nc1ccccc1OCC1CCCO1)c1ccccc1[N+](=O)[O-]. The van der Waals surface area contributed by atoms with Gasteiger partial charge in [-0.3, -0.25) is 14.9 Å². The number of amides is 1. The average Bonchev–Trinajstić information content (AvgIpc) is 3.14. The second kappa shape index (κ2) is 7.76. The summed E-state index contributed by atoms with van der Waals surface area (Å²) in [5.41, 5.74) is 0.225. The van der Waals surface area contributed by atoms with Gasteiger partial charge in [0.1, 0.15) is 17.9 Å². The highest BCUT2D eigenvalue weighted by Gasteiger charge is 2.21. The Morgan fingerprint density at radius 3 is 2.76 bits per heavy atom. The number of nitrogens with one attached hydrogen (secondary N) is 1. The predicted molar refractivity (Wildman–Crippen MR) is 92.0 cm³/mol. The van der Waals surface area contributed by atoms with Gasteiger partial charge in [0.15, 0.2) is 0 Å². The third-order valence-electron chi connectivity index (χ3n) is 3.93. The molecule has 1 atom stereocenters. The van der Waals surface area contributed by atoms with Gasteiger partial charge in [-0.15, -0.1) is 0 Å². The summed E-state index contributed by atoms with van der Waals surface area (Å²) in [5, 5.41) is 13.8. The molecule has 0 aliphatic carbocycles. The Kier molecular flexibility index (Phi) is 5.25. The maximum atomic E-state index is 12.5. The van der Waals surface area contributed by atoms with Crippen molar-refractivity contribution < 1.29 is 19.2 Å². The lowest BCUT2D eigenvalue weighted by molar-refractivity contribution is -0.385. The van der Waals surface area contributed by atoms with E-state index in [0.717, 1.165) is 19.4 Å². The Balaban J connectivity index is 1.74. The zero-order chi connectivity index (χ0) is 17.6. The summed E-state index contributed by atoms with van der Waals surface area (Å²) in [7, 11) is 0. The van der Waals surface area contributed by atoms with Crippen LogP contribution in [0.1, 0.15) is 23.2 Å². The lowest BCUT2D eigenvalue weighted by Gasteiger charge is -2.15. The van der Waals surface area contributed by atoms with Crippen LogP contribution in [0.15, 0.2) is 48.5 Å². The molecule has 130 valence electrons. The quantitative estimate of drug-likeness (QED) is 0.642. The van der Waals surface area contributed by atoms with Crippen LogP contribution in [-0.2, 0) is 4.74 Å². The first-order valence-electron chi connectivity index (χ1n) is 8.03. The van der Waals surface area contributed by atoms with Gasteiger partial charge in [-0.05, 0) is 31.0 Å². The van der Waals surface area contributed by atoms with Gasteiger partial charge in [-0.25, -0.2) is 0 Å². The molecule has 0 spiro atoms. The average molecular weight is 342 g/mol. The van der Waals surface area contributed by atoms with E-state index in [4.69, 9.17) is 9.47 Å². The van der Waals surface area contributed by atoms with E-state index < -0.39 is 10.8 Å². The van der Waals surface area contributed by atoms with Crippen LogP contribution < -0.4 is 10.1 Å². The summed E-state index contributed by atoms with van der Waals surface area (Å²) in [4.78, 5) is 23.0. The second-order valence-corrected chi connectivity index (χ2v) is 5.67. The molecule has 25 heavy (non-hydrogen) atoms. The summed E-state index contributed by atoms with van der Waals surface area (Å²) in [5.74, 6) is -0.0506. The Labute approximate surface area is 144 Å². The fourth-order valence-electron chi connectivity index (χ4n) is 2.67. The number of para-hydroxylation sites is 3. The number of carbonyl (C=O) groups excluding carboxylic acids is 1. The van der Waals surface area contributed by atoms with Crippen LogP contribution in [-0.4, -0.2) is 30.1 Å². The van der Waals surface area contributed by atoms with E-state index in [0.29, 0.717) is 18.0 Å². The zero-order valence-electron chi connectivity index (χ0n) is 13.5. The monoisotopic (exact) mass is 342 g/mol. The molecule has 0 saturated carbocycles. The normalized spacial score (nSPS) is 16.4. The Hall–Kier alpha value is -2.93. The smallest absolute Gasteiger partial charge is 0.282 e. The molecule has 2 aromatic carbocycles. The van der Waals surface area contributed by atoms with Crippen LogP contribution in [0.4, 0.5) is 11.4 Å². The number of ether oxygens (including phenoxy) is 2. The number of carbonyl (C=O) groups is 1. The maximum absolute atomic E-state index is 12.5. The standard InChI is InChI=1S/C18H18N2O5/c21-18(14-7-1-3-9-16(14)20(22)23)19-15-8-2-4-10-17(15)25-12-13-6-5-11-24-13/h1-4,7-10,13H,5-6,11-12H2,(H,19,21). The molecule has 0 bridgehead atoms. The number of rotatable bonds is 6. The third kappa shape index (κ3) is 4.13.